The summed E-state index contributed by atoms with van der Waals surface area (Å²) in [5.41, 5.74) is -0.835. The highest BCUT2D eigenvalue weighted by Gasteiger charge is 2.62. The number of hydrogen-bond acceptors (Lipinski definition) is 10. The highest BCUT2D eigenvalue weighted by Crippen LogP contribution is 2.41. The number of hydrogen-bond donors (Lipinski definition) is 0. The number of epoxide rings is 1. The molecule has 0 radical (unpaired) electrons. The van der Waals surface area contributed by atoms with Crippen LogP contribution >= 0.6 is 0 Å². The molecule has 0 spiro atoms. The van der Waals surface area contributed by atoms with E-state index in [2.05, 4.69) is 0 Å². The molecular formula is C16H22O10. The molecule has 2 saturated heterocycles. The molecule has 0 bridgehead atoms. The lowest BCUT2D eigenvalue weighted by Crippen LogP contribution is -2.65. The van der Waals surface area contributed by atoms with Crippen LogP contribution in [0.3, 0.4) is 0 Å². The van der Waals surface area contributed by atoms with Crippen LogP contribution in [0.4, 0.5) is 0 Å². The Morgan fingerprint density at radius 1 is 0.769 bits per heavy atom. The van der Waals surface area contributed by atoms with Gasteiger partial charge in [-0.15, -0.1) is 0 Å². The molecule has 2 fully saturated rings. The third-order valence-corrected chi connectivity index (χ3v) is 3.88. The molecule has 2 unspecified atom stereocenters. The lowest BCUT2D eigenvalue weighted by Gasteiger charge is -2.44. The van der Waals surface area contributed by atoms with Crippen molar-refractivity contribution in [2.75, 3.05) is 6.61 Å². The average molecular weight is 374 g/mol. The zero-order valence-electron chi connectivity index (χ0n) is 15.2. The van der Waals surface area contributed by atoms with Crippen LogP contribution < -0.4 is 0 Å². The van der Waals surface area contributed by atoms with Gasteiger partial charge < -0.3 is 28.4 Å². The minimum absolute atomic E-state index is 0.299. The Hall–Kier alpha value is -2.20. The van der Waals surface area contributed by atoms with Crippen LogP contribution in [0.25, 0.3) is 0 Å². The summed E-state index contributed by atoms with van der Waals surface area (Å²) in [6, 6.07) is 0. The van der Waals surface area contributed by atoms with Gasteiger partial charge in [0.1, 0.15) is 11.7 Å². The Kier molecular flexibility index (Phi) is 5.87. The molecule has 2 rings (SSSR count). The topological polar surface area (TPSA) is 127 Å². The maximum absolute atomic E-state index is 11.6. The van der Waals surface area contributed by atoms with E-state index in [4.69, 9.17) is 28.4 Å². The van der Waals surface area contributed by atoms with E-state index in [1.54, 1.807) is 6.92 Å². The van der Waals surface area contributed by atoms with Crippen molar-refractivity contribution >= 4 is 23.9 Å². The second-order valence-electron chi connectivity index (χ2n) is 6.36. The van der Waals surface area contributed by atoms with Gasteiger partial charge in [0.15, 0.2) is 12.2 Å². The Balaban J connectivity index is 2.43. The standard InChI is InChI=1S/C16H22O10/c1-7(17)22-11-12(23-8(2)18)14(16(5)6-21-16)26-15(25-10(4)20)13(11)24-9(3)19/h11-15H,6H2,1-5H3/t11-,12+,13-,14-,15?,16?/m1/s1. The summed E-state index contributed by atoms with van der Waals surface area (Å²) in [6.45, 7) is 6.61. The number of esters is 4. The quantitative estimate of drug-likeness (QED) is 0.364. The van der Waals surface area contributed by atoms with Gasteiger partial charge in [-0.25, -0.2) is 0 Å². The molecule has 0 aliphatic carbocycles. The predicted molar refractivity (Wildman–Crippen MR) is 81.4 cm³/mol. The van der Waals surface area contributed by atoms with E-state index in [1.165, 1.54) is 6.92 Å². The van der Waals surface area contributed by atoms with Gasteiger partial charge in [0, 0.05) is 27.7 Å². The lowest BCUT2D eigenvalue weighted by molar-refractivity contribution is -0.303. The fraction of sp³-hybridized carbons (Fsp3) is 0.750. The van der Waals surface area contributed by atoms with Crippen LogP contribution in [-0.4, -0.2) is 66.8 Å². The molecule has 26 heavy (non-hydrogen) atoms. The molecule has 6 atom stereocenters. The van der Waals surface area contributed by atoms with Gasteiger partial charge in [-0.3, -0.25) is 19.2 Å². The van der Waals surface area contributed by atoms with Crippen LogP contribution in [0.1, 0.15) is 34.6 Å². The Morgan fingerprint density at radius 2 is 1.19 bits per heavy atom. The molecule has 0 saturated carbocycles. The van der Waals surface area contributed by atoms with Gasteiger partial charge in [0.25, 0.3) is 0 Å². The first-order valence-electron chi connectivity index (χ1n) is 8.02. The Bertz CT molecular complexity index is 596. The first-order chi connectivity index (χ1) is 12.0. The van der Waals surface area contributed by atoms with Gasteiger partial charge in [-0.2, -0.15) is 0 Å². The van der Waals surface area contributed by atoms with Crippen molar-refractivity contribution in [1.29, 1.82) is 0 Å². The summed E-state index contributed by atoms with van der Waals surface area (Å²) >= 11 is 0. The fourth-order valence-electron chi connectivity index (χ4n) is 2.80. The predicted octanol–water partition coefficient (Wildman–Crippen LogP) is -0.142. The number of rotatable bonds is 5. The summed E-state index contributed by atoms with van der Waals surface area (Å²) in [6.07, 6.45) is -5.96. The molecule has 0 aromatic rings. The second kappa shape index (κ2) is 7.58. The molecule has 146 valence electrons. The van der Waals surface area contributed by atoms with E-state index >= 15 is 0 Å². The summed E-state index contributed by atoms with van der Waals surface area (Å²) in [5.74, 6) is -2.77. The van der Waals surface area contributed by atoms with Crippen LogP contribution in [0, 0.1) is 0 Å². The van der Waals surface area contributed by atoms with E-state index in [9.17, 15) is 19.2 Å². The van der Waals surface area contributed by atoms with Crippen molar-refractivity contribution in [3.05, 3.63) is 0 Å². The number of carbonyl (C=O) groups excluding carboxylic acids is 4. The average Bonchev–Trinajstić information content (AvgIpc) is 3.21. The summed E-state index contributed by atoms with van der Waals surface area (Å²) in [4.78, 5) is 46.1. The van der Waals surface area contributed by atoms with Crippen molar-refractivity contribution in [2.45, 2.75) is 70.9 Å². The van der Waals surface area contributed by atoms with Crippen LogP contribution in [0.5, 0.6) is 0 Å². The molecule has 10 heteroatoms. The molecule has 0 N–H and O–H groups in total. The molecule has 0 aromatic carbocycles. The van der Waals surface area contributed by atoms with E-state index < -0.39 is 60.2 Å². The largest absolute Gasteiger partial charge is 0.456 e. The lowest BCUT2D eigenvalue weighted by atomic mass is 9.90. The summed E-state index contributed by atoms with van der Waals surface area (Å²) in [7, 11) is 0. The molecule has 2 aliphatic rings. The van der Waals surface area contributed by atoms with E-state index in [0.717, 1.165) is 20.8 Å². The van der Waals surface area contributed by atoms with Gasteiger partial charge in [-0.05, 0) is 6.92 Å². The summed E-state index contributed by atoms with van der Waals surface area (Å²) in [5, 5.41) is 0. The highest BCUT2D eigenvalue weighted by molar-refractivity contribution is 5.69. The van der Waals surface area contributed by atoms with Crippen molar-refractivity contribution in [2.24, 2.45) is 0 Å². The smallest absolute Gasteiger partial charge is 0.305 e. The first kappa shape index (κ1) is 20.1. The normalized spacial score (nSPS) is 35.8. The van der Waals surface area contributed by atoms with E-state index in [1.807, 2.05) is 0 Å². The van der Waals surface area contributed by atoms with Crippen LogP contribution in [-0.2, 0) is 47.6 Å². The molecule has 10 nitrogen and oxygen atoms in total. The zero-order chi connectivity index (χ0) is 19.6. The van der Waals surface area contributed by atoms with Gasteiger partial charge in [0.05, 0.1) is 6.61 Å². The zero-order valence-corrected chi connectivity index (χ0v) is 15.2. The van der Waals surface area contributed by atoms with Crippen LogP contribution in [0.15, 0.2) is 0 Å². The van der Waals surface area contributed by atoms with E-state index in [0.29, 0.717) is 6.61 Å². The fourth-order valence-corrected chi connectivity index (χ4v) is 2.80. The maximum Gasteiger partial charge on any atom is 0.305 e. The van der Waals surface area contributed by atoms with Crippen molar-refractivity contribution in [3.63, 3.8) is 0 Å². The molecule has 0 amide bonds. The molecule has 0 aromatic heterocycles. The minimum atomic E-state index is -1.36. The Morgan fingerprint density at radius 3 is 1.62 bits per heavy atom. The van der Waals surface area contributed by atoms with Crippen molar-refractivity contribution in [1.82, 2.24) is 0 Å². The number of carbonyl (C=O) groups is 4. The number of ether oxygens (including phenoxy) is 6. The monoisotopic (exact) mass is 374 g/mol. The van der Waals surface area contributed by atoms with Crippen molar-refractivity contribution < 1.29 is 47.6 Å². The van der Waals surface area contributed by atoms with Gasteiger partial charge in [-0.1, -0.05) is 0 Å². The third-order valence-electron chi connectivity index (χ3n) is 3.88. The SMILES string of the molecule is CC(=O)OC1O[C@@H](C2(C)CO2)[C@@H](OC(C)=O)[C@@H](OC(C)=O)[C@H]1OC(C)=O. The molecular weight excluding hydrogens is 352 g/mol. The van der Waals surface area contributed by atoms with Crippen LogP contribution in [0.2, 0.25) is 0 Å². The second-order valence-corrected chi connectivity index (χ2v) is 6.36. The third kappa shape index (κ3) is 4.70. The Labute approximate surface area is 150 Å². The maximum atomic E-state index is 11.6. The van der Waals surface area contributed by atoms with Crippen molar-refractivity contribution in [3.8, 4) is 0 Å². The van der Waals surface area contributed by atoms with E-state index in [-0.39, 0.29) is 0 Å². The molecule has 2 aliphatic heterocycles. The molecule has 2 heterocycles. The first-order valence-corrected chi connectivity index (χ1v) is 8.02. The minimum Gasteiger partial charge on any atom is -0.456 e. The van der Waals surface area contributed by atoms with Gasteiger partial charge in [0.2, 0.25) is 12.4 Å². The van der Waals surface area contributed by atoms with Gasteiger partial charge >= 0.3 is 23.9 Å². The summed E-state index contributed by atoms with van der Waals surface area (Å²) < 4.78 is 31.9. The highest BCUT2D eigenvalue weighted by atomic mass is 16.8.